The van der Waals surface area contributed by atoms with E-state index in [1.54, 1.807) is 6.92 Å². The Balaban J connectivity index is 1.70. The van der Waals surface area contributed by atoms with E-state index >= 15 is 0 Å². The Morgan fingerprint density at radius 2 is 2.00 bits per heavy atom. The van der Waals surface area contributed by atoms with Gasteiger partial charge in [0.05, 0.1) is 17.6 Å². The van der Waals surface area contributed by atoms with Crippen molar-refractivity contribution in [2.75, 3.05) is 18.1 Å². The van der Waals surface area contributed by atoms with Gasteiger partial charge in [0.2, 0.25) is 5.91 Å². The van der Waals surface area contributed by atoms with Crippen molar-refractivity contribution in [3.05, 3.63) is 59.4 Å². The summed E-state index contributed by atoms with van der Waals surface area (Å²) in [7, 11) is 0. The highest BCUT2D eigenvalue weighted by Gasteiger charge is 2.35. The molecule has 6 heteroatoms. The summed E-state index contributed by atoms with van der Waals surface area (Å²) in [5, 5.41) is 0. The molecule has 1 atom stereocenters. The van der Waals surface area contributed by atoms with Crippen molar-refractivity contribution in [2.24, 2.45) is 0 Å². The SMILES string of the molecule is CCOC(=O)Cn1c([C@@H]2CC(=O)N(c3cc(C)ccc3C)C2)nc2ccccc21. The number of amides is 1. The van der Waals surface area contributed by atoms with Gasteiger partial charge in [0.25, 0.3) is 0 Å². The number of aryl methyl sites for hydroxylation is 2. The Morgan fingerprint density at radius 3 is 2.79 bits per heavy atom. The first-order chi connectivity index (χ1) is 14.0. The molecule has 6 nitrogen and oxygen atoms in total. The number of rotatable bonds is 5. The van der Waals surface area contributed by atoms with E-state index < -0.39 is 0 Å². The minimum atomic E-state index is -0.299. The van der Waals surface area contributed by atoms with Gasteiger partial charge in [0.15, 0.2) is 0 Å². The smallest absolute Gasteiger partial charge is 0.326 e. The molecule has 1 aliphatic heterocycles. The van der Waals surface area contributed by atoms with Crippen LogP contribution in [0.1, 0.15) is 36.2 Å². The molecule has 1 aliphatic rings. The van der Waals surface area contributed by atoms with Crippen molar-refractivity contribution in [1.29, 1.82) is 0 Å². The van der Waals surface area contributed by atoms with E-state index in [1.165, 1.54) is 0 Å². The number of carbonyl (C=O) groups is 2. The molecule has 150 valence electrons. The molecule has 2 heterocycles. The highest BCUT2D eigenvalue weighted by molar-refractivity contribution is 5.97. The summed E-state index contributed by atoms with van der Waals surface area (Å²) in [6.45, 7) is 6.82. The number of aromatic nitrogens is 2. The van der Waals surface area contributed by atoms with Crippen LogP contribution in [0.15, 0.2) is 42.5 Å². The summed E-state index contributed by atoms with van der Waals surface area (Å²) in [6.07, 6.45) is 0.375. The van der Waals surface area contributed by atoms with Crippen LogP contribution < -0.4 is 4.90 Å². The third-order valence-corrected chi connectivity index (χ3v) is 5.42. The summed E-state index contributed by atoms with van der Waals surface area (Å²) in [5.74, 6) is 0.468. The van der Waals surface area contributed by atoms with E-state index in [0.717, 1.165) is 33.7 Å². The van der Waals surface area contributed by atoms with Crippen LogP contribution in [-0.4, -0.2) is 34.6 Å². The van der Waals surface area contributed by atoms with Crippen LogP contribution in [0, 0.1) is 13.8 Å². The lowest BCUT2D eigenvalue weighted by Crippen LogP contribution is -2.25. The van der Waals surface area contributed by atoms with Gasteiger partial charge in [-0.3, -0.25) is 9.59 Å². The summed E-state index contributed by atoms with van der Waals surface area (Å²) in [6, 6.07) is 13.9. The molecule has 29 heavy (non-hydrogen) atoms. The summed E-state index contributed by atoms with van der Waals surface area (Å²) >= 11 is 0. The first-order valence-electron chi connectivity index (χ1n) is 9.96. The van der Waals surface area contributed by atoms with Gasteiger partial charge in [-0.25, -0.2) is 4.98 Å². The predicted octanol–water partition coefficient (Wildman–Crippen LogP) is 3.74. The number of anilines is 1. The highest BCUT2D eigenvalue weighted by Crippen LogP contribution is 2.34. The standard InChI is InChI=1S/C23H25N3O3/c1-4-29-22(28)14-26-19-8-6-5-7-18(19)24-23(26)17-12-21(27)25(13-17)20-11-15(2)9-10-16(20)3/h5-11,17H,4,12-14H2,1-3H3/t17-/m1/s1. The molecule has 1 aromatic heterocycles. The first-order valence-corrected chi connectivity index (χ1v) is 9.96. The van der Waals surface area contributed by atoms with Crippen LogP contribution in [0.2, 0.25) is 0 Å². The van der Waals surface area contributed by atoms with Crippen LogP contribution in [-0.2, 0) is 20.9 Å². The molecule has 3 aromatic rings. The van der Waals surface area contributed by atoms with E-state index in [0.29, 0.717) is 19.6 Å². The zero-order valence-electron chi connectivity index (χ0n) is 17.0. The maximum Gasteiger partial charge on any atom is 0.326 e. The zero-order valence-corrected chi connectivity index (χ0v) is 17.0. The van der Waals surface area contributed by atoms with Gasteiger partial charge >= 0.3 is 5.97 Å². The van der Waals surface area contributed by atoms with Gasteiger partial charge in [0.1, 0.15) is 12.4 Å². The van der Waals surface area contributed by atoms with Crippen molar-refractivity contribution in [1.82, 2.24) is 9.55 Å². The second-order valence-corrected chi connectivity index (χ2v) is 7.55. The number of hydrogen-bond acceptors (Lipinski definition) is 4. The lowest BCUT2D eigenvalue weighted by molar-refractivity contribution is -0.143. The fraction of sp³-hybridized carbons (Fsp3) is 0.348. The van der Waals surface area contributed by atoms with Gasteiger partial charge < -0.3 is 14.2 Å². The molecular weight excluding hydrogens is 366 g/mol. The summed E-state index contributed by atoms with van der Waals surface area (Å²) in [4.78, 5) is 31.7. The quantitative estimate of drug-likeness (QED) is 0.622. The fourth-order valence-electron chi connectivity index (χ4n) is 4.03. The minimum Gasteiger partial charge on any atom is -0.465 e. The Bertz CT molecular complexity index is 1090. The molecule has 0 radical (unpaired) electrons. The molecule has 1 amide bonds. The first kappa shape index (κ1) is 19.2. The Hall–Kier alpha value is -3.15. The van der Waals surface area contributed by atoms with Crippen molar-refractivity contribution in [2.45, 2.75) is 39.7 Å². The number of imidazole rings is 1. The van der Waals surface area contributed by atoms with Crippen LogP contribution >= 0.6 is 0 Å². The maximum absolute atomic E-state index is 12.9. The maximum atomic E-state index is 12.9. The third kappa shape index (κ3) is 3.62. The molecule has 1 fully saturated rings. The average molecular weight is 391 g/mol. The molecule has 0 unspecified atom stereocenters. The lowest BCUT2D eigenvalue weighted by atomic mass is 10.1. The zero-order chi connectivity index (χ0) is 20.5. The molecule has 0 N–H and O–H groups in total. The number of carbonyl (C=O) groups excluding carboxylic acids is 2. The van der Waals surface area contributed by atoms with E-state index in [2.05, 4.69) is 12.1 Å². The van der Waals surface area contributed by atoms with Gasteiger partial charge in [-0.1, -0.05) is 24.3 Å². The second kappa shape index (κ2) is 7.70. The largest absolute Gasteiger partial charge is 0.465 e. The third-order valence-electron chi connectivity index (χ3n) is 5.42. The van der Waals surface area contributed by atoms with Gasteiger partial charge in [-0.15, -0.1) is 0 Å². The number of ether oxygens (including phenoxy) is 1. The number of para-hydroxylation sites is 2. The highest BCUT2D eigenvalue weighted by atomic mass is 16.5. The van der Waals surface area contributed by atoms with Gasteiger partial charge in [0, 0.05) is 24.6 Å². The van der Waals surface area contributed by atoms with E-state index in [1.807, 2.05) is 53.6 Å². The molecule has 0 aliphatic carbocycles. The second-order valence-electron chi connectivity index (χ2n) is 7.55. The van der Waals surface area contributed by atoms with Crippen molar-refractivity contribution in [3.63, 3.8) is 0 Å². The molecule has 1 saturated heterocycles. The lowest BCUT2D eigenvalue weighted by Gasteiger charge is -2.20. The van der Waals surface area contributed by atoms with E-state index in [4.69, 9.17) is 9.72 Å². The summed E-state index contributed by atoms with van der Waals surface area (Å²) < 4.78 is 7.06. The number of esters is 1. The molecule has 0 saturated carbocycles. The fourth-order valence-corrected chi connectivity index (χ4v) is 4.03. The van der Waals surface area contributed by atoms with Crippen LogP contribution in [0.4, 0.5) is 5.69 Å². The van der Waals surface area contributed by atoms with E-state index in [-0.39, 0.29) is 24.3 Å². The molecular formula is C23H25N3O3. The topological polar surface area (TPSA) is 64.4 Å². The van der Waals surface area contributed by atoms with Crippen molar-refractivity contribution >= 4 is 28.6 Å². The predicted molar refractivity (Wildman–Crippen MR) is 112 cm³/mol. The molecule has 0 spiro atoms. The molecule has 4 rings (SSSR count). The number of fused-ring (bicyclic) bond motifs is 1. The van der Waals surface area contributed by atoms with Crippen LogP contribution in [0.5, 0.6) is 0 Å². The molecule has 0 bridgehead atoms. The average Bonchev–Trinajstić information content (AvgIpc) is 3.25. The minimum absolute atomic E-state index is 0.0794. The van der Waals surface area contributed by atoms with Crippen LogP contribution in [0.25, 0.3) is 11.0 Å². The Labute approximate surface area is 170 Å². The van der Waals surface area contributed by atoms with Crippen molar-refractivity contribution in [3.8, 4) is 0 Å². The van der Waals surface area contributed by atoms with E-state index in [9.17, 15) is 9.59 Å². The van der Waals surface area contributed by atoms with Crippen molar-refractivity contribution < 1.29 is 14.3 Å². The van der Waals surface area contributed by atoms with Gasteiger partial charge in [-0.2, -0.15) is 0 Å². The molecule has 2 aromatic carbocycles. The monoisotopic (exact) mass is 391 g/mol. The van der Waals surface area contributed by atoms with Crippen LogP contribution in [0.3, 0.4) is 0 Å². The number of hydrogen-bond donors (Lipinski definition) is 0. The Morgan fingerprint density at radius 1 is 1.21 bits per heavy atom. The van der Waals surface area contributed by atoms with Gasteiger partial charge in [-0.05, 0) is 50.1 Å². The number of benzene rings is 2. The Kier molecular flexibility index (Phi) is 5.09. The number of nitrogens with zero attached hydrogens (tertiary/aromatic N) is 3. The summed E-state index contributed by atoms with van der Waals surface area (Å²) in [5.41, 5.74) is 4.85. The normalized spacial score (nSPS) is 16.6.